The van der Waals surface area contributed by atoms with Crippen LogP contribution in [0.5, 0.6) is 11.5 Å². The van der Waals surface area contributed by atoms with Crippen LogP contribution in [0.25, 0.3) is 11.0 Å². The molecule has 1 aliphatic rings. The van der Waals surface area contributed by atoms with Gasteiger partial charge >= 0.3 is 136 Å². The first-order chi connectivity index (χ1) is 10.3. The molecule has 106 valence electrons. The molecule has 0 bridgehead atoms. The fourth-order valence-electron chi connectivity index (χ4n) is 2.23. The van der Waals surface area contributed by atoms with E-state index in [1.165, 1.54) is 0 Å². The third-order valence-electron chi connectivity index (χ3n) is 3.30. The van der Waals surface area contributed by atoms with Crippen molar-refractivity contribution < 1.29 is 9.47 Å². The van der Waals surface area contributed by atoms with Crippen LogP contribution in [-0.2, 0) is 6.54 Å². The number of halogens is 1. The number of nitrogens with zero attached hydrogens (tertiary/aromatic N) is 2. The fourth-order valence-corrected chi connectivity index (χ4v) is 3.85. The first kappa shape index (κ1) is 13.1. The van der Waals surface area contributed by atoms with E-state index in [9.17, 15) is 0 Å². The Bertz CT molecular complexity index is 821. The zero-order valence-electron chi connectivity index (χ0n) is 10.8. The zero-order chi connectivity index (χ0) is 14.2. The normalized spacial score (nSPS) is 12.8. The van der Waals surface area contributed by atoms with E-state index in [1.807, 2.05) is 30.3 Å². The first-order valence-electron chi connectivity index (χ1n) is 6.34. The minimum atomic E-state index is -0.0144. The molecule has 2 heterocycles. The Balaban J connectivity index is 1.61. The third kappa shape index (κ3) is 2.41. The van der Waals surface area contributed by atoms with E-state index in [4.69, 9.17) is 9.47 Å². The van der Waals surface area contributed by atoms with Gasteiger partial charge in [-0.1, -0.05) is 0 Å². The van der Waals surface area contributed by atoms with E-state index in [-0.39, 0.29) is 21.8 Å². The average molecular weight is 411 g/mol. The number of rotatable bonds is 3. The molecule has 4 rings (SSSR count). The van der Waals surface area contributed by atoms with Gasteiger partial charge in [-0.3, -0.25) is 0 Å². The van der Waals surface area contributed by atoms with Crippen molar-refractivity contribution in [3.05, 3.63) is 40.4 Å². The SMILES string of the molecule is Brc1cc2c(cc1CNc1cccc3n[se]nc13)OCO2. The number of fused-ring (bicyclic) bond motifs is 2. The Hall–Kier alpha value is -1.56. The van der Waals surface area contributed by atoms with Gasteiger partial charge in [0.25, 0.3) is 0 Å². The first-order valence-corrected chi connectivity index (χ1v) is 8.67. The fraction of sp³-hybridized carbons (Fsp3) is 0.143. The van der Waals surface area contributed by atoms with Crippen LogP contribution in [0.1, 0.15) is 5.56 Å². The van der Waals surface area contributed by atoms with Crippen molar-refractivity contribution in [3.8, 4) is 11.5 Å². The van der Waals surface area contributed by atoms with Crippen molar-refractivity contribution >= 4 is 47.6 Å². The molecular formula is C14H10BrN3O2Se. The summed E-state index contributed by atoms with van der Waals surface area (Å²) in [5.41, 5.74) is 4.07. The molecule has 0 saturated heterocycles. The van der Waals surface area contributed by atoms with Crippen molar-refractivity contribution in [3.63, 3.8) is 0 Å². The maximum atomic E-state index is 5.42. The molecule has 0 aliphatic carbocycles. The van der Waals surface area contributed by atoms with E-state index in [0.717, 1.165) is 38.3 Å². The Labute approximate surface area is 135 Å². The summed E-state index contributed by atoms with van der Waals surface area (Å²) in [6, 6.07) is 9.96. The van der Waals surface area contributed by atoms with Crippen LogP contribution in [0.4, 0.5) is 5.69 Å². The van der Waals surface area contributed by atoms with Crippen molar-refractivity contribution in [2.24, 2.45) is 0 Å². The van der Waals surface area contributed by atoms with Crippen LogP contribution >= 0.6 is 15.9 Å². The number of ether oxygens (including phenoxy) is 2. The van der Waals surface area contributed by atoms with Gasteiger partial charge in [0.05, 0.1) is 0 Å². The Morgan fingerprint density at radius 2 is 2.05 bits per heavy atom. The van der Waals surface area contributed by atoms with Crippen LogP contribution < -0.4 is 14.8 Å². The van der Waals surface area contributed by atoms with Crippen molar-refractivity contribution in [2.75, 3.05) is 12.1 Å². The second-order valence-electron chi connectivity index (χ2n) is 4.59. The quantitative estimate of drug-likeness (QED) is 0.672. The Morgan fingerprint density at radius 3 is 2.95 bits per heavy atom. The van der Waals surface area contributed by atoms with Gasteiger partial charge in [-0.05, 0) is 0 Å². The summed E-state index contributed by atoms with van der Waals surface area (Å²) < 4.78 is 20.6. The number of aromatic nitrogens is 2. The second-order valence-corrected chi connectivity index (χ2v) is 6.55. The second kappa shape index (κ2) is 5.33. The number of anilines is 1. The summed E-state index contributed by atoms with van der Waals surface area (Å²) in [4.78, 5) is 0. The molecule has 0 saturated carbocycles. The zero-order valence-corrected chi connectivity index (χ0v) is 14.1. The van der Waals surface area contributed by atoms with Crippen LogP contribution in [0.15, 0.2) is 34.8 Å². The van der Waals surface area contributed by atoms with Crippen LogP contribution in [0, 0.1) is 0 Å². The molecule has 0 fully saturated rings. The molecule has 1 N–H and O–H groups in total. The van der Waals surface area contributed by atoms with Gasteiger partial charge in [0.15, 0.2) is 0 Å². The van der Waals surface area contributed by atoms with Crippen LogP contribution in [0.2, 0.25) is 0 Å². The monoisotopic (exact) mass is 411 g/mol. The predicted molar refractivity (Wildman–Crippen MR) is 84.1 cm³/mol. The molecule has 5 nitrogen and oxygen atoms in total. The molecule has 21 heavy (non-hydrogen) atoms. The van der Waals surface area contributed by atoms with Gasteiger partial charge in [0.1, 0.15) is 0 Å². The van der Waals surface area contributed by atoms with Gasteiger partial charge in [0, 0.05) is 0 Å². The summed E-state index contributed by atoms with van der Waals surface area (Å²) in [6.45, 7) is 0.962. The number of hydrogen-bond acceptors (Lipinski definition) is 5. The van der Waals surface area contributed by atoms with Gasteiger partial charge in [-0.15, -0.1) is 0 Å². The molecule has 0 amide bonds. The standard InChI is InChI=1S/C14H10BrN3O2Se/c15-9-5-13-12(19-7-20-13)4-8(9)6-16-10-2-1-3-11-14(10)18-21-17-11/h1-5,16H,6-7H2. The number of nitrogens with one attached hydrogen (secondary N) is 1. The maximum absolute atomic E-state index is 5.42. The molecule has 0 unspecified atom stereocenters. The number of benzene rings is 2. The molecule has 0 radical (unpaired) electrons. The molecule has 0 spiro atoms. The van der Waals surface area contributed by atoms with Crippen LogP contribution in [0.3, 0.4) is 0 Å². The summed E-state index contributed by atoms with van der Waals surface area (Å²) in [5, 5.41) is 3.42. The van der Waals surface area contributed by atoms with E-state index in [1.54, 1.807) is 0 Å². The molecule has 2 aromatic carbocycles. The average Bonchev–Trinajstić information content (AvgIpc) is 3.12. The van der Waals surface area contributed by atoms with E-state index >= 15 is 0 Å². The molecule has 3 aromatic rings. The van der Waals surface area contributed by atoms with E-state index in [2.05, 4.69) is 29.2 Å². The molecular weight excluding hydrogens is 401 g/mol. The minimum absolute atomic E-state index is 0.0144. The Morgan fingerprint density at radius 1 is 1.19 bits per heavy atom. The van der Waals surface area contributed by atoms with E-state index < -0.39 is 0 Å². The summed E-state index contributed by atoms with van der Waals surface area (Å²) in [6.07, 6.45) is 0. The van der Waals surface area contributed by atoms with Gasteiger partial charge in [-0.25, -0.2) is 0 Å². The molecule has 1 aromatic heterocycles. The molecule has 1 aliphatic heterocycles. The summed E-state index contributed by atoms with van der Waals surface area (Å²) in [5.74, 6) is 1.57. The summed E-state index contributed by atoms with van der Waals surface area (Å²) >= 11 is 3.56. The van der Waals surface area contributed by atoms with Gasteiger partial charge < -0.3 is 0 Å². The van der Waals surface area contributed by atoms with Crippen LogP contribution in [-0.4, -0.2) is 29.7 Å². The molecule has 0 atom stereocenters. The van der Waals surface area contributed by atoms with Gasteiger partial charge in [0.2, 0.25) is 0 Å². The molecule has 7 heteroatoms. The van der Waals surface area contributed by atoms with Crippen molar-refractivity contribution in [1.29, 1.82) is 0 Å². The van der Waals surface area contributed by atoms with Crippen molar-refractivity contribution in [2.45, 2.75) is 6.54 Å². The predicted octanol–water partition coefficient (Wildman–Crippen LogP) is 2.79. The van der Waals surface area contributed by atoms with E-state index in [0.29, 0.717) is 6.54 Å². The Kier molecular flexibility index (Phi) is 3.33. The van der Waals surface area contributed by atoms with Crippen molar-refractivity contribution in [1.82, 2.24) is 7.96 Å². The third-order valence-corrected chi connectivity index (χ3v) is 5.17. The number of hydrogen-bond donors (Lipinski definition) is 1. The summed E-state index contributed by atoms with van der Waals surface area (Å²) in [7, 11) is 0. The topological polar surface area (TPSA) is 56.3 Å². The van der Waals surface area contributed by atoms with Gasteiger partial charge in [-0.2, -0.15) is 0 Å².